The van der Waals surface area contributed by atoms with Gasteiger partial charge < -0.3 is 14.5 Å². The van der Waals surface area contributed by atoms with Crippen LogP contribution in [0.25, 0.3) is 11.3 Å². The van der Waals surface area contributed by atoms with Crippen molar-refractivity contribution in [3.8, 4) is 11.3 Å². The third kappa shape index (κ3) is 4.25. The van der Waals surface area contributed by atoms with E-state index in [0.29, 0.717) is 22.6 Å². The molecule has 1 fully saturated rings. The summed E-state index contributed by atoms with van der Waals surface area (Å²) < 4.78 is 23.7. The average molecular weight is 380 g/mol. The smallest absolute Gasteiger partial charge is 0.338 e. The number of esters is 1. The molecule has 1 saturated carbocycles. The van der Waals surface area contributed by atoms with Gasteiger partial charge in [0.25, 0.3) is 0 Å². The molecule has 142 valence electrons. The van der Waals surface area contributed by atoms with Crippen molar-refractivity contribution < 1.29 is 23.1 Å². The van der Waals surface area contributed by atoms with Crippen molar-refractivity contribution in [3.05, 3.63) is 72.0 Å². The van der Waals surface area contributed by atoms with Gasteiger partial charge in [0, 0.05) is 17.2 Å². The molecule has 0 radical (unpaired) electrons. The minimum absolute atomic E-state index is 0.0104. The maximum Gasteiger partial charge on any atom is 0.338 e. The van der Waals surface area contributed by atoms with Crippen LogP contribution in [0.3, 0.4) is 0 Å². The lowest BCUT2D eigenvalue weighted by Gasteiger charge is -2.06. The molecule has 28 heavy (non-hydrogen) atoms. The van der Waals surface area contributed by atoms with Crippen LogP contribution in [-0.2, 0) is 16.1 Å². The first-order valence-corrected chi connectivity index (χ1v) is 8.87. The van der Waals surface area contributed by atoms with Gasteiger partial charge in [0.1, 0.15) is 5.82 Å². The summed E-state index contributed by atoms with van der Waals surface area (Å²) >= 11 is 0. The SMILES string of the molecule is O=C(OCc1ncc(-c2ccc(F)cc2)o1)c1ccc(NC(=O)C2CC2)cc1. The second kappa shape index (κ2) is 7.64. The van der Waals surface area contributed by atoms with E-state index in [1.54, 1.807) is 36.4 Å². The third-order valence-corrected chi connectivity index (χ3v) is 4.35. The maximum atomic E-state index is 13.0. The topological polar surface area (TPSA) is 81.4 Å². The van der Waals surface area contributed by atoms with Crippen LogP contribution in [0, 0.1) is 11.7 Å². The second-order valence-electron chi connectivity index (χ2n) is 6.54. The molecular formula is C21H17FN2O4. The van der Waals surface area contributed by atoms with E-state index in [4.69, 9.17) is 9.15 Å². The molecule has 1 aliphatic carbocycles. The van der Waals surface area contributed by atoms with E-state index in [9.17, 15) is 14.0 Å². The molecule has 2 aromatic carbocycles. The van der Waals surface area contributed by atoms with Crippen LogP contribution >= 0.6 is 0 Å². The lowest BCUT2D eigenvalue weighted by Crippen LogP contribution is -2.13. The van der Waals surface area contributed by atoms with Crippen molar-refractivity contribution in [2.45, 2.75) is 19.4 Å². The number of nitrogens with one attached hydrogen (secondary N) is 1. The first kappa shape index (κ1) is 17.9. The fraction of sp³-hybridized carbons (Fsp3) is 0.190. The van der Waals surface area contributed by atoms with Gasteiger partial charge in [-0.15, -0.1) is 0 Å². The lowest BCUT2D eigenvalue weighted by atomic mass is 10.2. The Hall–Kier alpha value is -3.48. The molecule has 0 saturated heterocycles. The summed E-state index contributed by atoms with van der Waals surface area (Å²) in [6.07, 6.45) is 3.35. The zero-order valence-corrected chi connectivity index (χ0v) is 14.9. The summed E-state index contributed by atoms with van der Waals surface area (Å²) in [5.41, 5.74) is 1.68. The lowest BCUT2D eigenvalue weighted by molar-refractivity contribution is -0.117. The molecule has 0 aliphatic heterocycles. The highest BCUT2D eigenvalue weighted by Gasteiger charge is 2.29. The van der Waals surface area contributed by atoms with E-state index in [0.717, 1.165) is 12.8 Å². The number of aromatic nitrogens is 1. The van der Waals surface area contributed by atoms with E-state index in [1.165, 1.54) is 18.3 Å². The van der Waals surface area contributed by atoms with Gasteiger partial charge in [0.05, 0.1) is 11.8 Å². The van der Waals surface area contributed by atoms with E-state index >= 15 is 0 Å². The predicted octanol–water partition coefficient (Wildman–Crippen LogP) is 4.19. The van der Waals surface area contributed by atoms with E-state index in [-0.39, 0.29) is 30.1 Å². The number of anilines is 1. The molecule has 1 aliphatic rings. The van der Waals surface area contributed by atoms with Crippen molar-refractivity contribution >= 4 is 17.6 Å². The van der Waals surface area contributed by atoms with Crippen molar-refractivity contribution in [3.63, 3.8) is 0 Å². The molecule has 0 atom stereocenters. The van der Waals surface area contributed by atoms with Gasteiger partial charge in [-0.3, -0.25) is 4.79 Å². The monoisotopic (exact) mass is 380 g/mol. The highest BCUT2D eigenvalue weighted by Crippen LogP contribution is 2.30. The summed E-state index contributed by atoms with van der Waals surface area (Å²) in [6.45, 7) is -0.125. The van der Waals surface area contributed by atoms with Crippen molar-refractivity contribution in [1.29, 1.82) is 0 Å². The summed E-state index contributed by atoms with van der Waals surface area (Å²) in [4.78, 5) is 28.0. The van der Waals surface area contributed by atoms with Crippen LogP contribution in [-0.4, -0.2) is 16.9 Å². The number of rotatable bonds is 6. The molecule has 4 rings (SSSR count). The molecule has 1 amide bonds. The Kier molecular flexibility index (Phi) is 4.89. The average Bonchev–Trinajstić information content (AvgIpc) is 3.46. The second-order valence-corrected chi connectivity index (χ2v) is 6.54. The van der Waals surface area contributed by atoms with Gasteiger partial charge >= 0.3 is 5.97 Å². The number of nitrogens with zero attached hydrogens (tertiary/aromatic N) is 1. The minimum atomic E-state index is -0.526. The van der Waals surface area contributed by atoms with Gasteiger partial charge in [-0.25, -0.2) is 14.2 Å². The maximum absolute atomic E-state index is 13.0. The minimum Gasteiger partial charge on any atom is -0.452 e. The predicted molar refractivity (Wildman–Crippen MR) is 98.8 cm³/mol. The van der Waals surface area contributed by atoms with Crippen molar-refractivity contribution in [2.24, 2.45) is 5.92 Å². The van der Waals surface area contributed by atoms with E-state index in [1.807, 2.05) is 0 Å². The van der Waals surface area contributed by atoms with E-state index in [2.05, 4.69) is 10.3 Å². The number of halogens is 1. The van der Waals surface area contributed by atoms with Gasteiger partial charge in [-0.2, -0.15) is 0 Å². The number of benzene rings is 2. The van der Waals surface area contributed by atoms with Crippen LogP contribution in [0.4, 0.5) is 10.1 Å². The Morgan fingerprint density at radius 3 is 2.50 bits per heavy atom. The quantitative estimate of drug-likeness (QED) is 0.649. The molecule has 3 aromatic rings. The molecule has 1 N–H and O–H groups in total. The highest BCUT2D eigenvalue weighted by molar-refractivity contribution is 5.95. The Bertz CT molecular complexity index is 992. The number of hydrogen-bond donors (Lipinski definition) is 1. The molecule has 0 bridgehead atoms. The zero-order valence-electron chi connectivity index (χ0n) is 14.9. The van der Waals surface area contributed by atoms with Gasteiger partial charge in [-0.05, 0) is 61.4 Å². The third-order valence-electron chi connectivity index (χ3n) is 4.35. The van der Waals surface area contributed by atoms with Crippen LogP contribution in [0.15, 0.2) is 59.1 Å². The Labute approximate surface area is 160 Å². The zero-order chi connectivity index (χ0) is 19.5. The van der Waals surface area contributed by atoms with Crippen LogP contribution in [0.2, 0.25) is 0 Å². The standard InChI is InChI=1S/C21H17FN2O4/c22-16-7-3-13(4-8-16)18-11-23-19(28-18)12-27-21(26)15-5-9-17(10-6-15)24-20(25)14-1-2-14/h3-11,14H,1-2,12H2,(H,24,25). The fourth-order valence-electron chi connectivity index (χ4n) is 2.61. The molecule has 7 heteroatoms. The summed E-state index contributed by atoms with van der Waals surface area (Å²) in [5.74, 6) is -0.0404. The number of ether oxygens (including phenoxy) is 1. The van der Waals surface area contributed by atoms with Crippen LogP contribution in [0.1, 0.15) is 29.1 Å². The Morgan fingerprint density at radius 2 is 1.82 bits per heavy atom. The van der Waals surface area contributed by atoms with E-state index < -0.39 is 5.97 Å². The summed E-state index contributed by atoms with van der Waals surface area (Å²) in [6, 6.07) is 12.3. The first-order chi connectivity index (χ1) is 13.6. The molecule has 0 unspecified atom stereocenters. The fourth-order valence-corrected chi connectivity index (χ4v) is 2.61. The number of carbonyl (C=O) groups is 2. The van der Waals surface area contributed by atoms with Crippen molar-refractivity contribution in [2.75, 3.05) is 5.32 Å². The molecule has 1 aromatic heterocycles. The van der Waals surface area contributed by atoms with Crippen LogP contribution < -0.4 is 5.32 Å². The first-order valence-electron chi connectivity index (χ1n) is 8.87. The van der Waals surface area contributed by atoms with Crippen molar-refractivity contribution in [1.82, 2.24) is 4.98 Å². The number of oxazole rings is 1. The number of carbonyl (C=O) groups excluding carboxylic acids is 2. The van der Waals surface area contributed by atoms with Gasteiger partial charge in [0.2, 0.25) is 11.8 Å². The van der Waals surface area contributed by atoms with Crippen LogP contribution in [0.5, 0.6) is 0 Å². The Balaban J connectivity index is 1.32. The summed E-state index contributed by atoms with van der Waals surface area (Å²) in [7, 11) is 0. The van der Waals surface area contributed by atoms with Gasteiger partial charge in [-0.1, -0.05) is 0 Å². The Morgan fingerprint density at radius 1 is 1.11 bits per heavy atom. The molecule has 6 nitrogen and oxygen atoms in total. The highest BCUT2D eigenvalue weighted by atomic mass is 19.1. The number of amides is 1. The van der Waals surface area contributed by atoms with Gasteiger partial charge in [0.15, 0.2) is 12.4 Å². The normalized spacial score (nSPS) is 13.2. The summed E-state index contributed by atoms with van der Waals surface area (Å²) in [5, 5.41) is 2.81. The number of hydrogen-bond acceptors (Lipinski definition) is 5. The molecule has 0 spiro atoms. The molecular weight excluding hydrogens is 363 g/mol. The molecule has 1 heterocycles. The largest absolute Gasteiger partial charge is 0.452 e.